The van der Waals surface area contributed by atoms with E-state index in [2.05, 4.69) is 19.2 Å². The summed E-state index contributed by atoms with van der Waals surface area (Å²) >= 11 is 0. The van der Waals surface area contributed by atoms with Crippen LogP contribution in [-0.2, 0) is 4.74 Å². The van der Waals surface area contributed by atoms with Gasteiger partial charge in [0.1, 0.15) is 0 Å². The third-order valence-electron chi connectivity index (χ3n) is 1.66. The number of hydrogen-bond donors (Lipinski definition) is 1. The van der Waals surface area contributed by atoms with Crippen LogP contribution in [0.4, 0.5) is 0 Å². The second-order valence-corrected chi connectivity index (χ2v) is 3.21. The lowest BCUT2D eigenvalue weighted by atomic mass is 10.2. The van der Waals surface area contributed by atoms with Crippen molar-refractivity contribution in [3.8, 4) is 0 Å². The fraction of sp³-hybridized carbons (Fsp3) is 1.00. The average molecular weight is 143 g/mol. The van der Waals surface area contributed by atoms with Crippen molar-refractivity contribution in [3.05, 3.63) is 0 Å². The molecule has 10 heavy (non-hydrogen) atoms. The van der Waals surface area contributed by atoms with Crippen molar-refractivity contribution in [1.82, 2.24) is 5.32 Å². The molecule has 2 nitrogen and oxygen atoms in total. The summed E-state index contributed by atoms with van der Waals surface area (Å²) in [6.07, 6.45) is 3.09. The lowest BCUT2D eigenvalue weighted by Gasteiger charge is -2.05. The molecular formula is C8H17NO. The van der Waals surface area contributed by atoms with Crippen LogP contribution >= 0.6 is 0 Å². The molecule has 0 radical (unpaired) electrons. The molecule has 0 aromatic carbocycles. The van der Waals surface area contributed by atoms with Crippen molar-refractivity contribution in [2.45, 2.75) is 38.8 Å². The Morgan fingerprint density at radius 2 is 2.30 bits per heavy atom. The molecule has 0 amide bonds. The summed E-state index contributed by atoms with van der Waals surface area (Å²) in [6.45, 7) is 6.49. The van der Waals surface area contributed by atoms with E-state index in [9.17, 15) is 0 Å². The number of hydrogen-bond acceptors (Lipinski definition) is 2. The van der Waals surface area contributed by atoms with Gasteiger partial charge in [-0.05, 0) is 19.4 Å². The number of ether oxygens (including phenoxy) is 1. The van der Waals surface area contributed by atoms with Gasteiger partial charge in [-0.25, -0.2) is 0 Å². The second-order valence-electron chi connectivity index (χ2n) is 3.21. The van der Waals surface area contributed by atoms with Crippen LogP contribution in [0.2, 0.25) is 0 Å². The monoisotopic (exact) mass is 143 g/mol. The molecular weight excluding hydrogens is 126 g/mol. The SMILES string of the molecule is CC(C)NCCCC1CO1. The Morgan fingerprint density at radius 3 is 2.80 bits per heavy atom. The predicted molar refractivity (Wildman–Crippen MR) is 42.1 cm³/mol. The molecule has 2 heteroatoms. The molecule has 1 heterocycles. The topological polar surface area (TPSA) is 24.6 Å². The molecule has 0 spiro atoms. The van der Waals surface area contributed by atoms with E-state index in [0.29, 0.717) is 12.1 Å². The van der Waals surface area contributed by atoms with Crippen LogP contribution in [0.5, 0.6) is 0 Å². The summed E-state index contributed by atoms with van der Waals surface area (Å²) in [5.74, 6) is 0. The van der Waals surface area contributed by atoms with Crippen molar-refractivity contribution < 1.29 is 4.74 Å². The average Bonchev–Trinajstić information content (AvgIpc) is 2.62. The van der Waals surface area contributed by atoms with Crippen LogP contribution in [0.15, 0.2) is 0 Å². The largest absolute Gasteiger partial charge is 0.373 e. The van der Waals surface area contributed by atoms with E-state index in [0.717, 1.165) is 13.2 Å². The minimum Gasteiger partial charge on any atom is -0.373 e. The molecule has 1 fully saturated rings. The molecule has 0 aliphatic carbocycles. The highest BCUT2D eigenvalue weighted by Gasteiger charge is 2.20. The minimum absolute atomic E-state index is 0.606. The highest BCUT2D eigenvalue weighted by molar-refractivity contribution is 4.69. The van der Waals surface area contributed by atoms with Gasteiger partial charge in [-0.2, -0.15) is 0 Å². The van der Waals surface area contributed by atoms with Crippen LogP contribution in [0.1, 0.15) is 26.7 Å². The fourth-order valence-corrected chi connectivity index (χ4v) is 0.955. The molecule has 1 atom stereocenters. The van der Waals surface area contributed by atoms with Crippen molar-refractivity contribution in [1.29, 1.82) is 0 Å². The van der Waals surface area contributed by atoms with Gasteiger partial charge in [0.25, 0.3) is 0 Å². The quantitative estimate of drug-likeness (QED) is 0.461. The van der Waals surface area contributed by atoms with E-state index < -0.39 is 0 Å². The van der Waals surface area contributed by atoms with Crippen molar-refractivity contribution in [3.63, 3.8) is 0 Å². The zero-order valence-corrected chi connectivity index (χ0v) is 6.89. The van der Waals surface area contributed by atoms with Crippen LogP contribution in [0, 0.1) is 0 Å². The molecule has 1 rings (SSSR count). The van der Waals surface area contributed by atoms with Crippen molar-refractivity contribution in [2.75, 3.05) is 13.2 Å². The first kappa shape index (κ1) is 8.02. The minimum atomic E-state index is 0.606. The van der Waals surface area contributed by atoms with Gasteiger partial charge in [-0.15, -0.1) is 0 Å². The Morgan fingerprint density at radius 1 is 1.60 bits per heavy atom. The first-order chi connectivity index (χ1) is 4.79. The predicted octanol–water partition coefficient (Wildman–Crippen LogP) is 1.16. The van der Waals surface area contributed by atoms with Gasteiger partial charge in [-0.1, -0.05) is 13.8 Å². The van der Waals surface area contributed by atoms with Crippen molar-refractivity contribution in [2.24, 2.45) is 0 Å². The lowest BCUT2D eigenvalue weighted by molar-refractivity contribution is 0.388. The maximum Gasteiger partial charge on any atom is 0.0810 e. The molecule has 60 valence electrons. The van der Waals surface area contributed by atoms with E-state index in [1.165, 1.54) is 12.8 Å². The first-order valence-electron chi connectivity index (χ1n) is 4.14. The Hall–Kier alpha value is -0.0800. The molecule has 1 aliphatic rings. The summed E-state index contributed by atoms with van der Waals surface area (Å²) in [5.41, 5.74) is 0. The summed E-state index contributed by atoms with van der Waals surface area (Å²) in [7, 11) is 0. The van der Waals surface area contributed by atoms with Crippen LogP contribution in [0.25, 0.3) is 0 Å². The van der Waals surface area contributed by atoms with Gasteiger partial charge in [-0.3, -0.25) is 0 Å². The summed E-state index contributed by atoms with van der Waals surface area (Å²) < 4.78 is 5.09. The fourth-order valence-electron chi connectivity index (χ4n) is 0.955. The van der Waals surface area contributed by atoms with Crippen LogP contribution in [-0.4, -0.2) is 25.3 Å². The Bertz CT molecular complexity index is 85.3. The summed E-state index contributed by atoms with van der Waals surface area (Å²) in [6, 6.07) is 0.625. The molecule has 0 bridgehead atoms. The highest BCUT2D eigenvalue weighted by Crippen LogP contribution is 2.14. The number of epoxide rings is 1. The molecule has 0 aromatic rings. The van der Waals surface area contributed by atoms with Crippen LogP contribution < -0.4 is 5.32 Å². The van der Waals surface area contributed by atoms with E-state index in [1.807, 2.05) is 0 Å². The van der Waals surface area contributed by atoms with Gasteiger partial charge in [0.2, 0.25) is 0 Å². The van der Waals surface area contributed by atoms with E-state index in [1.54, 1.807) is 0 Å². The van der Waals surface area contributed by atoms with Gasteiger partial charge >= 0.3 is 0 Å². The van der Waals surface area contributed by atoms with E-state index in [4.69, 9.17) is 4.74 Å². The second kappa shape index (κ2) is 3.94. The third-order valence-corrected chi connectivity index (χ3v) is 1.66. The Kier molecular flexibility index (Phi) is 3.16. The normalized spacial score (nSPS) is 23.7. The van der Waals surface area contributed by atoms with E-state index >= 15 is 0 Å². The van der Waals surface area contributed by atoms with Crippen molar-refractivity contribution >= 4 is 0 Å². The first-order valence-corrected chi connectivity index (χ1v) is 4.14. The molecule has 1 saturated heterocycles. The molecule has 1 N–H and O–H groups in total. The third kappa shape index (κ3) is 3.85. The lowest BCUT2D eigenvalue weighted by Crippen LogP contribution is -2.23. The number of nitrogens with one attached hydrogen (secondary N) is 1. The smallest absolute Gasteiger partial charge is 0.0810 e. The molecule has 0 aromatic heterocycles. The standard InChI is InChI=1S/C8H17NO/c1-7(2)9-5-3-4-8-6-10-8/h7-9H,3-6H2,1-2H3. The van der Waals surface area contributed by atoms with Crippen LogP contribution in [0.3, 0.4) is 0 Å². The van der Waals surface area contributed by atoms with Gasteiger partial charge in [0, 0.05) is 6.04 Å². The molecule has 0 saturated carbocycles. The zero-order valence-electron chi connectivity index (χ0n) is 6.89. The Labute approximate surface area is 63.0 Å². The van der Waals surface area contributed by atoms with Gasteiger partial charge in [0.15, 0.2) is 0 Å². The highest BCUT2D eigenvalue weighted by atomic mass is 16.6. The number of rotatable bonds is 5. The van der Waals surface area contributed by atoms with Gasteiger partial charge < -0.3 is 10.1 Å². The maximum atomic E-state index is 5.09. The summed E-state index contributed by atoms with van der Waals surface area (Å²) in [4.78, 5) is 0. The Balaban J connectivity index is 1.76. The molecule has 1 aliphatic heterocycles. The van der Waals surface area contributed by atoms with E-state index in [-0.39, 0.29) is 0 Å². The summed E-state index contributed by atoms with van der Waals surface area (Å²) in [5, 5.41) is 3.37. The molecule has 1 unspecified atom stereocenters. The zero-order chi connectivity index (χ0) is 7.40. The van der Waals surface area contributed by atoms with Gasteiger partial charge in [0.05, 0.1) is 12.7 Å². The maximum absolute atomic E-state index is 5.09.